The van der Waals surface area contributed by atoms with Crippen LogP contribution >= 0.6 is 12.4 Å². The largest absolute Gasteiger partial charge is 0.484 e. The molecule has 0 radical (unpaired) electrons. The van der Waals surface area contributed by atoms with Crippen molar-refractivity contribution >= 4 is 24.0 Å². The highest BCUT2D eigenvalue weighted by molar-refractivity contribution is 5.95. The van der Waals surface area contributed by atoms with Crippen molar-refractivity contribution in [2.45, 2.75) is 32.0 Å². The molecule has 1 saturated heterocycles. The van der Waals surface area contributed by atoms with E-state index in [1.165, 1.54) is 12.1 Å². The fraction of sp³-hybridized carbons (Fsp3) is 0.562. The Bertz CT molecular complexity index is 578. The summed E-state index contributed by atoms with van der Waals surface area (Å²) < 4.78 is 46.8. The number of anilines is 1. The second-order valence-electron chi connectivity index (χ2n) is 5.80. The van der Waals surface area contributed by atoms with Crippen LogP contribution in [0.15, 0.2) is 18.2 Å². The van der Waals surface area contributed by atoms with E-state index in [1.54, 1.807) is 13.0 Å². The molecule has 1 heterocycles. The van der Waals surface area contributed by atoms with Crippen LogP contribution < -0.4 is 15.8 Å². The lowest BCUT2D eigenvalue weighted by Crippen LogP contribution is -2.44. The van der Waals surface area contributed by atoms with Gasteiger partial charge in [0.05, 0.1) is 6.04 Å². The van der Waals surface area contributed by atoms with Crippen LogP contribution in [0.2, 0.25) is 0 Å². The summed E-state index contributed by atoms with van der Waals surface area (Å²) in [5, 5.41) is 2.68. The number of amides is 1. The summed E-state index contributed by atoms with van der Waals surface area (Å²) in [6.07, 6.45) is -3.00. The van der Waals surface area contributed by atoms with Crippen molar-refractivity contribution in [3.63, 3.8) is 0 Å². The van der Waals surface area contributed by atoms with Crippen LogP contribution in [-0.4, -0.2) is 37.9 Å². The fourth-order valence-corrected chi connectivity index (χ4v) is 2.57. The van der Waals surface area contributed by atoms with Gasteiger partial charge in [-0.15, -0.1) is 12.4 Å². The second-order valence-corrected chi connectivity index (χ2v) is 5.80. The van der Waals surface area contributed by atoms with Crippen LogP contribution in [-0.2, 0) is 9.53 Å². The first kappa shape index (κ1) is 21.5. The summed E-state index contributed by atoms with van der Waals surface area (Å²) in [6.45, 7) is 1.35. The molecular weight excluding hydrogens is 361 g/mol. The summed E-state index contributed by atoms with van der Waals surface area (Å²) in [5.41, 5.74) is 6.81. The van der Waals surface area contributed by atoms with Gasteiger partial charge in [0.2, 0.25) is 5.91 Å². The van der Waals surface area contributed by atoms with Crippen molar-refractivity contribution in [3.05, 3.63) is 23.8 Å². The van der Waals surface area contributed by atoms with Gasteiger partial charge in [0.15, 0.2) is 6.61 Å². The van der Waals surface area contributed by atoms with Crippen LogP contribution in [0.3, 0.4) is 0 Å². The molecule has 0 aromatic heterocycles. The topological polar surface area (TPSA) is 73.6 Å². The Morgan fingerprint density at radius 2 is 2.04 bits per heavy atom. The molecule has 0 aliphatic carbocycles. The number of halogens is 4. The third-order valence-electron chi connectivity index (χ3n) is 4.01. The molecule has 1 atom stereocenters. The second kappa shape index (κ2) is 9.26. The minimum atomic E-state index is -4.42. The van der Waals surface area contributed by atoms with Gasteiger partial charge in [-0.25, -0.2) is 0 Å². The predicted molar refractivity (Wildman–Crippen MR) is 90.1 cm³/mol. The van der Waals surface area contributed by atoms with E-state index in [1.807, 2.05) is 0 Å². The summed E-state index contributed by atoms with van der Waals surface area (Å²) in [4.78, 5) is 12.3. The van der Waals surface area contributed by atoms with Gasteiger partial charge in [-0.2, -0.15) is 13.2 Å². The fourth-order valence-electron chi connectivity index (χ4n) is 2.57. The van der Waals surface area contributed by atoms with E-state index in [-0.39, 0.29) is 30.0 Å². The Morgan fingerprint density at radius 3 is 2.64 bits per heavy atom. The third-order valence-corrected chi connectivity index (χ3v) is 4.01. The smallest absolute Gasteiger partial charge is 0.422 e. The van der Waals surface area contributed by atoms with Crippen LogP contribution in [0.25, 0.3) is 0 Å². The number of nitrogens with one attached hydrogen (secondary N) is 1. The molecule has 0 spiro atoms. The molecule has 142 valence electrons. The van der Waals surface area contributed by atoms with Gasteiger partial charge in [-0.3, -0.25) is 4.79 Å². The van der Waals surface area contributed by atoms with Crippen molar-refractivity contribution in [2.24, 2.45) is 11.7 Å². The highest BCUT2D eigenvalue weighted by atomic mass is 35.5. The zero-order valence-electron chi connectivity index (χ0n) is 13.8. The summed E-state index contributed by atoms with van der Waals surface area (Å²) >= 11 is 0. The van der Waals surface area contributed by atoms with Crippen molar-refractivity contribution in [1.82, 2.24) is 0 Å². The molecule has 1 aliphatic rings. The van der Waals surface area contributed by atoms with E-state index in [4.69, 9.17) is 15.2 Å². The average molecular weight is 383 g/mol. The lowest BCUT2D eigenvalue weighted by atomic mass is 9.92. The summed E-state index contributed by atoms with van der Waals surface area (Å²) in [7, 11) is 0. The summed E-state index contributed by atoms with van der Waals surface area (Å²) in [6, 6.07) is 3.86. The molecule has 25 heavy (non-hydrogen) atoms. The quantitative estimate of drug-likeness (QED) is 0.821. The number of ether oxygens (including phenoxy) is 2. The first-order chi connectivity index (χ1) is 11.3. The number of hydrogen-bond donors (Lipinski definition) is 2. The highest BCUT2D eigenvalue weighted by Gasteiger charge is 2.29. The van der Waals surface area contributed by atoms with E-state index < -0.39 is 18.8 Å². The lowest BCUT2D eigenvalue weighted by molar-refractivity contribution is -0.153. The third kappa shape index (κ3) is 6.37. The molecule has 1 aromatic rings. The maximum absolute atomic E-state index is 12.3. The van der Waals surface area contributed by atoms with Crippen LogP contribution in [0.5, 0.6) is 5.75 Å². The van der Waals surface area contributed by atoms with E-state index in [2.05, 4.69) is 5.32 Å². The number of carbonyl (C=O) groups is 1. The van der Waals surface area contributed by atoms with Crippen molar-refractivity contribution < 1.29 is 27.4 Å². The maximum Gasteiger partial charge on any atom is 0.422 e. The molecule has 3 N–H and O–H groups in total. The molecular formula is C16H22ClF3N2O3. The monoisotopic (exact) mass is 382 g/mol. The van der Waals surface area contributed by atoms with E-state index in [9.17, 15) is 18.0 Å². The number of carbonyl (C=O) groups excluding carboxylic acids is 1. The SMILES string of the molecule is Cc1c(NC(=O)C(N)C2CCOCC2)cccc1OCC(F)(F)F.Cl. The van der Waals surface area contributed by atoms with Crippen molar-refractivity contribution in [3.8, 4) is 5.75 Å². The van der Waals surface area contributed by atoms with Gasteiger partial charge in [-0.1, -0.05) is 6.07 Å². The van der Waals surface area contributed by atoms with Crippen molar-refractivity contribution in [2.75, 3.05) is 25.1 Å². The highest BCUT2D eigenvalue weighted by Crippen LogP contribution is 2.28. The number of hydrogen-bond acceptors (Lipinski definition) is 4. The maximum atomic E-state index is 12.3. The number of rotatable bonds is 5. The Labute approximate surface area is 150 Å². The average Bonchev–Trinajstić information content (AvgIpc) is 2.55. The van der Waals surface area contributed by atoms with Gasteiger partial charge >= 0.3 is 6.18 Å². The molecule has 1 unspecified atom stereocenters. The van der Waals surface area contributed by atoms with Gasteiger partial charge in [-0.05, 0) is 37.8 Å². The summed E-state index contributed by atoms with van der Waals surface area (Å²) in [5.74, 6) is -0.258. The van der Waals surface area contributed by atoms with Crippen LogP contribution in [0.1, 0.15) is 18.4 Å². The molecule has 1 aromatic carbocycles. The van der Waals surface area contributed by atoms with E-state index in [0.29, 0.717) is 37.3 Å². The van der Waals surface area contributed by atoms with Crippen LogP contribution in [0.4, 0.5) is 18.9 Å². The molecule has 0 bridgehead atoms. The Balaban J connectivity index is 0.00000312. The molecule has 2 rings (SSSR count). The van der Waals surface area contributed by atoms with Crippen LogP contribution in [0, 0.1) is 12.8 Å². The van der Waals surface area contributed by atoms with Gasteiger partial charge in [0.25, 0.3) is 0 Å². The minimum Gasteiger partial charge on any atom is -0.484 e. The predicted octanol–water partition coefficient (Wildman–Crippen LogP) is 3.05. The number of alkyl halides is 3. The molecule has 0 saturated carbocycles. The first-order valence-electron chi connectivity index (χ1n) is 7.71. The zero-order valence-corrected chi connectivity index (χ0v) is 14.6. The van der Waals surface area contributed by atoms with Gasteiger partial charge < -0.3 is 20.5 Å². The molecule has 1 amide bonds. The zero-order chi connectivity index (χ0) is 17.7. The van der Waals surface area contributed by atoms with Gasteiger partial charge in [0, 0.05) is 24.5 Å². The Hall–Kier alpha value is -1.51. The Morgan fingerprint density at radius 1 is 1.40 bits per heavy atom. The normalized spacial score (nSPS) is 16.7. The van der Waals surface area contributed by atoms with Gasteiger partial charge in [0.1, 0.15) is 5.75 Å². The first-order valence-corrected chi connectivity index (χ1v) is 7.71. The Kier molecular flexibility index (Phi) is 7.98. The molecule has 5 nitrogen and oxygen atoms in total. The van der Waals surface area contributed by atoms with Crippen molar-refractivity contribution in [1.29, 1.82) is 0 Å². The number of nitrogens with two attached hydrogens (primary N) is 1. The molecule has 9 heteroatoms. The van der Waals surface area contributed by atoms with E-state index >= 15 is 0 Å². The van der Waals surface area contributed by atoms with E-state index in [0.717, 1.165) is 0 Å². The lowest BCUT2D eigenvalue weighted by Gasteiger charge is -2.27. The number of benzene rings is 1. The minimum absolute atomic E-state index is 0. The molecule has 1 aliphatic heterocycles. The standard InChI is InChI=1S/C16H21F3N2O3.ClH/c1-10-12(3-2-4-13(10)24-9-16(17,18)19)21-15(22)14(20)11-5-7-23-8-6-11;/h2-4,11,14H,5-9,20H2,1H3,(H,21,22);1H. The molecule has 1 fully saturated rings.